The number of hydrogen-bond donors (Lipinski definition) is 1. The summed E-state index contributed by atoms with van der Waals surface area (Å²) < 4.78 is 41.5. The van der Waals surface area contributed by atoms with E-state index in [0.29, 0.717) is 34.1 Å². The van der Waals surface area contributed by atoms with Gasteiger partial charge in [-0.15, -0.1) is 11.3 Å². The zero-order valence-electron chi connectivity index (χ0n) is 15.4. The van der Waals surface area contributed by atoms with Crippen LogP contribution in [0.5, 0.6) is 0 Å². The van der Waals surface area contributed by atoms with Crippen LogP contribution in [0.25, 0.3) is 10.6 Å². The summed E-state index contributed by atoms with van der Waals surface area (Å²) in [4.78, 5) is 13.5. The molecule has 4 rings (SSSR count). The van der Waals surface area contributed by atoms with E-state index in [-0.39, 0.29) is 9.10 Å². The minimum Gasteiger partial charge on any atom is -0.352 e. The van der Waals surface area contributed by atoms with Gasteiger partial charge in [0, 0.05) is 31.7 Å². The SMILES string of the molecule is O=S(=O)(c1ccc(F)cc1)c1ccc(-c2nc(NCCn3ccnc3)ncc2Br)s1. The number of nitrogens with zero attached hydrogens (tertiary/aromatic N) is 4. The summed E-state index contributed by atoms with van der Waals surface area (Å²) >= 11 is 4.52. The van der Waals surface area contributed by atoms with Crippen molar-refractivity contribution in [2.24, 2.45) is 0 Å². The van der Waals surface area contributed by atoms with Crippen LogP contribution in [0.15, 0.2) is 74.9 Å². The summed E-state index contributed by atoms with van der Waals surface area (Å²) in [6, 6.07) is 8.00. The van der Waals surface area contributed by atoms with Crippen molar-refractivity contribution < 1.29 is 12.8 Å². The third-order valence-electron chi connectivity index (χ3n) is 4.16. The van der Waals surface area contributed by atoms with Gasteiger partial charge in [-0.1, -0.05) is 0 Å². The van der Waals surface area contributed by atoms with Crippen molar-refractivity contribution in [1.29, 1.82) is 0 Å². The zero-order valence-corrected chi connectivity index (χ0v) is 18.6. The largest absolute Gasteiger partial charge is 0.352 e. The Balaban J connectivity index is 1.55. The molecule has 0 fully saturated rings. The lowest BCUT2D eigenvalue weighted by atomic mass is 10.3. The van der Waals surface area contributed by atoms with Crippen LogP contribution in [0.3, 0.4) is 0 Å². The molecule has 4 aromatic rings. The van der Waals surface area contributed by atoms with E-state index in [4.69, 9.17) is 0 Å². The molecular weight excluding hydrogens is 493 g/mol. The van der Waals surface area contributed by atoms with E-state index in [0.717, 1.165) is 23.5 Å². The third-order valence-corrected chi connectivity index (χ3v) is 8.09. The molecule has 0 aliphatic carbocycles. The fraction of sp³-hybridized carbons (Fsp3) is 0.105. The highest BCUT2D eigenvalue weighted by Gasteiger charge is 2.21. The lowest BCUT2D eigenvalue weighted by molar-refractivity contribution is 0.596. The highest BCUT2D eigenvalue weighted by molar-refractivity contribution is 9.10. The molecule has 0 amide bonds. The molecule has 0 aliphatic rings. The van der Waals surface area contributed by atoms with Crippen molar-refractivity contribution in [1.82, 2.24) is 19.5 Å². The number of imidazole rings is 1. The quantitative estimate of drug-likeness (QED) is 0.376. The Bertz CT molecular complexity index is 1260. The summed E-state index contributed by atoms with van der Waals surface area (Å²) in [5.41, 5.74) is 0.584. The van der Waals surface area contributed by atoms with Crippen LogP contribution in [0.2, 0.25) is 0 Å². The second-order valence-electron chi connectivity index (χ2n) is 6.19. The van der Waals surface area contributed by atoms with Crippen LogP contribution >= 0.6 is 27.3 Å². The number of anilines is 1. The van der Waals surface area contributed by atoms with Crippen LogP contribution in [0.4, 0.5) is 10.3 Å². The van der Waals surface area contributed by atoms with Gasteiger partial charge in [0.25, 0.3) is 0 Å². The molecule has 3 heterocycles. The Labute approximate surface area is 184 Å². The Kier molecular flexibility index (Phi) is 5.93. The van der Waals surface area contributed by atoms with Crippen molar-refractivity contribution in [2.45, 2.75) is 15.6 Å². The lowest BCUT2D eigenvalue weighted by Crippen LogP contribution is -2.11. The highest BCUT2D eigenvalue weighted by Crippen LogP contribution is 2.36. The van der Waals surface area contributed by atoms with Crippen molar-refractivity contribution in [3.05, 3.63) is 71.6 Å². The van der Waals surface area contributed by atoms with Gasteiger partial charge in [-0.05, 0) is 52.3 Å². The normalized spacial score (nSPS) is 11.5. The Hall–Kier alpha value is -2.63. The van der Waals surface area contributed by atoms with Gasteiger partial charge >= 0.3 is 0 Å². The Morgan fingerprint density at radius 1 is 1.17 bits per heavy atom. The number of nitrogens with one attached hydrogen (secondary N) is 1. The maximum absolute atomic E-state index is 13.1. The summed E-state index contributed by atoms with van der Waals surface area (Å²) in [5.74, 6) is -0.0524. The smallest absolute Gasteiger partial charge is 0.223 e. The molecule has 7 nitrogen and oxygen atoms in total. The standard InChI is InChI=1S/C19H15BrFN5O2S2/c20-15-11-24-19(23-8-10-26-9-7-22-12-26)25-18(15)16-5-6-17(29-16)30(27,28)14-3-1-13(21)2-4-14/h1-7,9,11-12H,8,10H2,(H,23,24,25). The van der Waals surface area contributed by atoms with Gasteiger partial charge in [-0.3, -0.25) is 0 Å². The van der Waals surface area contributed by atoms with Crippen LogP contribution in [-0.4, -0.2) is 34.5 Å². The molecule has 1 N–H and O–H groups in total. The summed E-state index contributed by atoms with van der Waals surface area (Å²) in [7, 11) is -3.74. The van der Waals surface area contributed by atoms with E-state index in [1.54, 1.807) is 24.8 Å². The van der Waals surface area contributed by atoms with E-state index >= 15 is 0 Å². The zero-order chi connectivity index (χ0) is 21.1. The predicted molar refractivity (Wildman–Crippen MR) is 116 cm³/mol. The molecule has 154 valence electrons. The van der Waals surface area contributed by atoms with E-state index in [1.165, 1.54) is 18.2 Å². The number of hydrogen-bond acceptors (Lipinski definition) is 7. The van der Waals surface area contributed by atoms with Crippen molar-refractivity contribution in [3.63, 3.8) is 0 Å². The molecule has 0 unspecified atom stereocenters. The van der Waals surface area contributed by atoms with Gasteiger partial charge in [0.1, 0.15) is 15.7 Å². The number of aromatic nitrogens is 4. The molecule has 0 spiro atoms. The average molecular weight is 508 g/mol. The minimum atomic E-state index is -3.74. The van der Waals surface area contributed by atoms with Crippen LogP contribution in [0, 0.1) is 5.82 Å². The number of halogens is 2. The van der Waals surface area contributed by atoms with Crippen LogP contribution < -0.4 is 5.32 Å². The average Bonchev–Trinajstić information content (AvgIpc) is 3.42. The molecule has 3 aromatic heterocycles. The van der Waals surface area contributed by atoms with Gasteiger partial charge in [-0.25, -0.2) is 27.8 Å². The van der Waals surface area contributed by atoms with Crippen molar-refractivity contribution in [2.75, 3.05) is 11.9 Å². The molecule has 1 aromatic carbocycles. The molecule has 0 saturated carbocycles. The molecule has 0 radical (unpaired) electrons. The molecule has 0 aliphatic heterocycles. The van der Waals surface area contributed by atoms with Crippen molar-refractivity contribution >= 4 is 43.1 Å². The minimum absolute atomic E-state index is 0.0425. The monoisotopic (exact) mass is 507 g/mol. The van der Waals surface area contributed by atoms with Crippen molar-refractivity contribution in [3.8, 4) is 10.6 Å². The van der Waals surface area contributed by atoms with E-state index < -0.39 is 15.7 Å². The van der Waals surface area contributed by atoms with Gasteiger partial charge in [0.05, 0.1) is 20.6 Å². The molecule has 30 heavy (non-hydrogen) atoms. The fourth-order valence-electron chi connectivity index (χ4n) is 2.66. The topological polar surface area (TPSA) is 89.8 Å². The highest BCUT2D eigenvalue weighted by atomic mass is 79.9. The second-order valence-corrected chi connectivity index (χ2v) is 10.3. The Morgan fingerprint density at radius 2 is 1.97 bits per heavy atom. The number of thiophene rings is 1. The fourth-order valence-corrected chi connectivity index (χ4v) is 5.91. The summed E-state index contributed by atoms with van der Waals surface area (Å²) in [6.07, 6.45) is 6.92. The number of sulfone groups is 1. The summed E-state index contributed by atoms with van der Waals surface area (Å²) in [5, 5.41) is 3.15. The van der Waals surface area contributed by atoms with Gasteiger partial charge < -0.3 is 9.88 Å². The summed E-state index contributed by atoms with van der Waals surface area (Å²) in [6.45, 7) is 1.31. The Morgan fingerprint density at radius 3 is 2.70 bits per heavy atom. The maximum atomic E-state index is 13.1. The van der Waals surface area contributed by atoms with Gasteiger partial charge in [0.2, 0.25) is 15.8 Å². The van der Waals surface area contributed by atoms with Gasteiger partial charge in [-0.2, -0.15) is 0 Å². The molecule has 0 saturated heterocycles. The maximum Gasteiger partial charge on any atom is 0.223 e. The van der Waals surface area contributed by atoms with Crippen LogP contribution in [-0.2, 0) is 16.4 Å². The first-order valence-corrected chi connectivity index (χ1v) is 11.9. The molecule has 11 heteroatoms. The first kappa shape index (κ1) is 20.6. The first-order valence-electron chi connectivity index (χ1n) is 8.76. The predicted octanol–water partition coefficient (Wildman–Crippen LogP) is 4.25. The molecule has 0 bridgehead atoms. The van der Waals surface area contributed by atoms with Crippen LogP contribution in [0.1, 0.15) is 0 Å². The third kappa shape index (κ3) is 4.42. The second kappa shape index (κ2) is 8.62. The molecule has 0 atom stereocenters. The van der Waals surface area contributed by atoms with E-state index in [9.17, 15) is 12.8 Å². The van der Waals surface area contributed by atoms with E-state index in [1.807, 2.05) is 10.8 Å². The molecular formula is C19H15BrFN5O2S2. The van der Waals surface area contributed by atoms with Gasteiger partial charge in [0.15, 0.2) is 0 Å². The first-order chi connectivity index (χ1) is 14.4. The lowest BCUT2D eigenvalue weighted by Gasteiger charge is -2.08. The number of rotatable bonds is 7. The van der Waals surface area contributed by atoms with E-state index in [2.05, 4.69) is 36.2 Å². The number of benzene rings is 1.